The van der Waals surface area contributed by atoms with Crippen LogP contribution < -0.4 is 4.74 Å². The molecule has 2 aliphatic rings. The van der Waals surface area contributed by atoms with Gasteiger partial charge in [-0.15, -0.1) is 0 Å². The van der Waals surface area contributed by atoms with Gasteiger partial charge in [0.2, 0.25) is 11.7 Å². The number of ether oxygens (including phenoxy) is 2. The minimum atomic E-state index is -3.02. The van der Waals surface area contributed by atoms with Gasteiger partial charge in [0.05, 0.1) is 30.4 Å². The van der Waals surface area contributed by atoms with Crippen molar-refractivity contribution in [3.8, 4) is 23.4 Å². The van der Waals surface area contributed by atoms with Gasteiger partial charge in [-0.05, 0) is 82.1 Å². The predicted octanol–water partition coefficient (Wildman–Crippen LogP) is 4.19. The number of carbonyl (C=O) groups is 2. The quantitative estimate of drug-likeness (QED) is 0.198. The van der Waals surface area contributed by atoms with Gasteiger partial charge in [-0.3, -0.25) is 9.59 Å². The van der Waals surface area contributed by atoms with Crippen molar-refractivity contribution in [2.75, 3.05) is 38.3 Å². The van der Waals surface area contributed by atoms with Crippen molar-refractivity contribution in [3.05, 3.63) is 48.5 Å². The molecule has 3 aromatic rings. The van der Waals surface area contributed by atoms with Gasteiger partial charge < -0.3 is 18.9 Å². The third kappa shape index (κ3) is 7.97. The zero-order valence-corrected chi connectivity index (χ0v) is 26.2. The van der Waals surface area contributed by atoms with Gasteiger partial charge in [-0.2, -0.15) is 0 Å². The van der Waals surface area contributed by atoms with Gasteiger partial charge in [0, 0.05) is 49.0 Å². The number of sulfone groups is 1. The number of aromatic nitrogens is 3. The summed E-state index contributed by atoms with van der Waals surface area (Å²) in [6.07, 6.45) is 10.1. The summed E-state index contributed by atoms with van der Waals surface area (Å²) in [5.41, 5.74) is 0.911. The first kappa shape index (κ1) is 31.5. The maximum absolute atomic E-state index is 13.2. The van der Waals surface area contributed by atoms with Gasteiger partial charge in [-0.25, -0.2) is 18.4 Å². The molecule has 3 heterocycles. The third-order valence-electron chi connectivity index (χ3n) is 8.32. The molecule has 0 unspecified atom stereocenters. The van der Waals surface area contributed by atoms with Crippen LogP contribution in [0, 0.1) is 29.6 Å². The molecule has 0 radical (unpaired) electrons. The summed E-state index contributed by atoms with van der Waals surface area (Å²) >= 11 is 0. The van der Waals surface area contributed by atoms with Crippen LogP contribution in [-0.2, 0) is 24.2 Å². The molecular weight excluding hydrogens is 580 g/mol. The van der Waals surface area contributed by atoms with Crippen molar-refractivity contribution in [2.45, 2.75) is 51.9 Å². The van der Waals surface area contributed by atoms with Gasteiger partial charge >= 0.3 is 5.97 Å². The maximum Gasteiger partial charge on any atom is 0.310 e. The molecule has 10 nitrogen and oxygen atoms in total. The number of fused-ring (bicyclic) bond motifs is 1. The lowest BCUT2D eigenvalue weighted by molar-refractivity contribution is -0.152. The Balaban J connectivity index is 1.18. The number of carbonyl (C=O) groups excluding carboxylic acids is 2. The predicted molar refractivity (Wildman–Crippen MR) is 167 cm³/mol. The van der Waals surface area contributed by atoms with Crippen LogP contribution in [0.3, 0.4) is 0 Å². The fourth-order valence-electron chi connectivity index (χ4n) is 6.05. The summed E-state index contributed by atoms with van der Waals surface area (Å²) in [4.78, 5) is 36.3. The maximum atomic E-state index is 13.2. The number of benzene rings is 1. The minimum Gasteiger partial charge on any atom is -0.493 e. The Morgan fingerprint density at radius 2 is 1.89 bits per heavy atom. The fourth-order valence-corrected chi connectivity index (χ4v) is 6.69. The van der Waals surface area contributed by atoms with Crippen LogP contribution in [0.2, 0.25) is 0 Å². The van der Waals surface area contributed by atoms with Crippen LogP contribution in [-0.4, -0.2) is 78.0 Å². The van der Waals surface area contributed by atoms with E-state index >= 15 is 0 Å². The number of piperidine rings is 1. The van der Waals surface area contributed by atoms with E-state index in [2.05, 4.69) is 16.8 Å². The number of hydrogen-bond acceptors (Lipinski definition) is 8. The number of amides is 1. The van der Waals surface area contributed by atoms with Crippen LogP contribution in [0.15, 0.2) is 42.7 Å². The average Bonchev–Trinajstić information content (AvgIpc) is 3.47. The molecule has 0 spiro atoms. The van der Waals surface area contributed by atoms with Crippen molar-refractivity contribution in [1.29, 1.82) is 0 Å². The average molecular weight is 621 g/mol. The lowest BCUT2D eigenvalue weighted by Crippen LogP contribution is -2.45. The van der Waals surface area contributed by atoms with Crippen molar-refractivity contribution in [3.63, 3.8) is 0 Å². The van der Waals surface area contributed by atoms with E-state index in [9.17, 15) is 18.0 Å². The lowest BCUT2D eigenvalue weighted by Gasteiger charge is -2.35. The Morgan fingerprint density at radius 1 is 1.07 bits per heavy atom. The van der Waals surface area contributed by atoms with Crippen LogP contribution in [0.25, 0.3) is 16.7 Å². The molecule has 0 N–H and O–H groups in total. The Bertz CT molecular complexity index is 1650. The second-order valence-corrected chi connectivity index (χ2v) is 13.9. The van der Waals surface area contributed by atoms with E-state index in [1.807, 2.05) is 46.0 Å². The van der Waals surface area contributed by atoms with Crippen LogP contribution in [0.5, 0.6) is 5.75 Å². The monoisotopic (exact) mass is 620 g/mol. The van der Waals surface area contributed by atoms with E-state index in [4.69, 9.17) is 14.5 Å². The first-order valence-electron chi connectivity index (χ1n) is 15.4. The highest BCUT2D eigenvalue weighted by Gasteiger charge is 2.34. The van der Waals surface area contributed by atoms with Gasteiger partial charge in [0.25, 0.3) is 0 Å². The third-order valence-corrected chi connectivity index (χ3v) is 9.35. The summed E-state index contributed by atoms with van der Waals surface area (Å²) in [5, 5.41) is 0.908. The first-order chi connectivity index (χ1) is 21.2. The van der Waals surface area contributed by atoms with Gasteiger partial charge in [-0.1, -0.05) is 12.0 Å². The molecule has 1 aliphatic heterocycles. The Labute approximate surface area is 259 Å². The van der Waals surface area contributed by atoms with Crippen molar-refractivity contribution < 1.29 is 27.5 Å². The SMILES string of the molecule is CCOC(=O)[C@@H]1CCCN(C(=O)C2CCC(C#Cc3nccc(-n4ccc5c(OCCCS(C)(=O)=O)cccc54)n3)CC2)C1. The highest BCUT2D eigenvalue weighted by Crippen LogP contribution is 2.32. The molecule has 1 aromatic carbocycles. The van der Waals surface area contributed by atoms with Crippen LogP contribution in [0.1, 0.15) is 57.7 Å². The molecule has 1 aliphatic carbocycles. The summed E-state index contributed by atoms with van der Waals surface area (Å²) in [5.74, 6) is 8.29. The summed E-state index contributed by atoms with van der Waals surface area (Å²) in [7, 11) is -3.02. The Morgan fingerprint density at radius 3 is 2.66 bits per heavy atom. The highest BCUT2D eigenvalue weighted by molar-refractivity contribution is 7.90. The van der Waals surface area contributed by atoms with E-state index in [-0.39, 0.29) is 35.4 Å². The molecule has 2 fully saturated rings. The second-order valence-electron chi connectivity index (χ2n) is 11.6. The fraction of sp³-hybridized carbons (Fsp3) is 0.515. The van der Waals surface area contributed by atoms with E-state index in [0.717, 1.165) is 49.4 Å². The summed E-state index contributed by atoms with van der Waals surface area (Å²) in [6, 6.07) is 9.53. The number of hydrogen-bond donors (Lipinski definition) is 0. The zero-order chi connectivity index (χ0) is 31.1. The largest absolute Gasteiger partial charge is 0.493 e. The van der Waals surface area contributed by atoms with E-state index in [0.29, 0.717) is 50.1 Å². The van der Waals surface area contributed by atoms with Crippen LogP contribution >= 0.6 is 0 Å². The number of nitrogens with zero attached hydrogens (tertiary/aromatic N) is 4. The molecule has 1 atom stereocenters. The standard InChI is InChI=1S/C33H40N4O6S/c1-3-42-33(39)26-7-5-19-36(23-26)32(38)25-13-10-24(11-14-25)12-15-30-34-18-16-31(35-30)37-20-17-27-28(37)8-4-9-29(27)43-21-6-22-44(2,40)41/h4,8-9,16-18,20,24-26H,3,5-7,10-11,13-14,19,21-23H2,1-2H3/t24?,25?,26-/m1/s1. The van der Waals surface area contributed by atoms with Crippen LogP contribution in [0.4, 0.5) is 0 Å². The zero-order valence-electron chi connectivity index (χ0n) is 25.4. The molecule has 234 valence electrons. The van der Waals surface area contributed by atoms with E-state index in [1.54, 1.807) is 13.1 Å². The number of esters is 1. The first-order valence-corrected chi connectivity index (χ1v) is 17.5. The molecule has 1 saturated carbocycles. The second kappa shape index (κ2) is 14.2. The van der Waals surface area contributed by atoms with Crippen molar-refractivity contribution >= 4 is 32.6 Å². The minimum absolute atomic E-state index is 0.0239. The Kier molecular flexibility index (Phi) is 10.2. The normalized spacial score (nSPS) is 20.5. The molecule has 0 bridgehead atoms. The summed E-state index contributed by atoms with van der Waals surface area (Å²) < 4.78 is 35.9. The number of rotatable bonds is 9. The molecule has 1 saturated heterocycles. The van der Waals surface area contributed by atoms with E-state index in [1.165, 1.54) is 6.26 Å². The van der Waals surface area contributed by atoms with E-state index < -0.39 is 9.84 Å². The topological polar surface area (TPSA) is 121 Å². The lowest BCUT2D eigenvalue weighted by atomic mass is 9.81. The molecule has 44 heavy (non-hydrogen) atoms. The van der Waals surface area contributed by atoms with Crippen molar-refractivity contribution in [2.24, 2.45) is 17.8 Å². The smallest absolute Gasteiger partial charge is 0.310 e. The van der Waals surface area contributed by atoms with Gasteiger partial charge in [0.15, 0.2) is 0 Å². The van der Waals surface area contributed by atoms with Crippen molar-refractivity contribution in [1.82, 2.24) is 19.4 Å². The molecule has 5 rings (SSSR count). The molecule has 1 amide bonds. The Hall–Kier alpha value is -3.91. The molecule has 11 heteroatoms. The highest BCUT2D eigenvalue weighted by atomic mass is 32.2. The van der Waals surface area contributed by atoms with Gasteiger partial charge in [0.1, 0.15) is 21.4 Å². The summed E-state index contributed by atoms with van der Waals surface area (Å²) in [6.45, 7) is 3.65. The molecular formula is C33H40N4O6S. The number of likely N-dealkylation sites (tertiary alicyclic amines) is 1. The molecule has 2 aromatic heterocycles.